The van der Waals surface area contributed by atoms with E-state index in [2.05, 4.69) is 10.3 Å². The van der Waals surface area contributed by atoms with Gasteiger partial charge in [0.05, 0.1) is 5.92 Å². The average Bonchev–Trinajstić information content (AvgIpc) is 3.27. The third-order valence-electron chi connectivity index (χ3n) is 5.55. The second-order valence-corrected chi connectivity index (χ2v) is 8.16. The maximum atomic E-state index is 12.4. The van der Waals surface area contributed by atoms with E-state index >= 15 is 0 Å². The number of piperidine rings is 1. The van der Waals surface area contributed by atoms with Crippen LogP contribution in [-0.4, -0.2) is 61.5 Å². The van der Waals surface area contributed by atoms with Crippen LogP contribution in [0.15, 0.2) is 52.9 Å². The molecule has 0 unspecified atom stereocenters. The molecule has 1 aliphatic rings. The fraction of sp³-hybridized carbons (Fsp3) is 0.333. The van der Waals surface area contributed by atoms with E-state index in [9.17, 15) is 14.4 Å². The van der Waals surface area contributed by atoms with E-state index in [0.717, 1.165) is 11.1 Å². The first-order valence-electron chi connectivity index (χ1n) is 10.8. The minimum absolute atomic E-state index is 0.121. The Morgan fingerprint density at radius 2 is 1.79 bits per heavy atom. The lowest BCUT2D eigenvalue weighted by Gasteiger charge is -2.29. The van der Waals surface area contributed by atoms with Crippen LogP contribution < -0.4 is 10.2 Å². The molecule has 1 N–H and O–H groups in total. The summed E-state index contributed by atoms with van der Waals surface area (Å²) in [5.41, 5.74) is 2.59. The highest BCUT2D eigenvalue weighted by Crippen LogP contribution is 2.26. The summed E-state index contributed by atoms with van der Waals surface area (Å²) in [5, 5.41) is 2.67. The van der Waals surface area contributed by atoms with Gasteiger partial charge >= 0.3 is 5.97 Å². The Morgan fingerprint density at radius 1 is 1.09 bits per heavy atom. The maximum Gasteiger partial charge on any atom is 0.309 e. The summed E-state index contributed by atoms with van der Waals surface area (Å²) in [4.78, 5) is 44.5. The van der Waals surface area contributed by atoms with Crippen molar-refractivity contribution in [3.63, 3.8) is 0 Å². The Bertz CT molecular complexity index is 1110. The summed E-state index contributed by atoms with van der Waals surface area (Å²) in [7, 11) is 3.35. The van der Waals surface area contributed by atoms with Crippen LogP contribution in [0.4, 0.5) is 11.7 Å². The molecule has 172 valence electrons. The zero-order chi connectivity index (χ0) is 23.4. The zero-order valence-electron chi connectivity index (χ0n) is 18.6. The normalized spacial score (nSPS) is 14.2. The number of nitrogens with zero attached hydrogens (tertiary/aromatic N) is 3. The number of nitrogens with one attached hydrogen (secondary N) is 1. The van der Waals surface area contributed by atoms with Crippen molar-refractivity contribution < 1.29 is 23.5 Å². The highest BCUT2D eigenvalue weighted by molar-refractivity contribution is 5.96. The molecule has 1 fully saturated rings. The second-order valence-electron chi connectivity index (χ2n) is 8.16. The molecule has 33 heavy (non-hydrogen) atoms. The average molecular weight is 450 g/mol. The fourth-order valence-electron chi connectivity index (χ4n) is 3.71. The third kappa shape index (κ3) is 5.31. The molecule has 1 aromatic heterocycles. The molecule has 3 aromatic rings. The quantitative estimate of drug-likeness (QED) is 0.576. The number of fused-ring (bicyclic) bond motifs is 1. The molecular weight excluding hydrogens is 424 g/mol. The number of amides is 2. The monoisotopic (exact) mass is 450 g/mol. The third-order valence-corrected chi connectivity index (χ3v) is 5.55. The van der Waals surface area contributed by atoms with E-state index in [1.807, 2.05) is 29.2 Å². The van der Waals surface area contributed by atoms with Crippen LogP contribution in [0.3, 0.4) is 0 Å². The summed E-state index contributed by atoms with van der Waals surface area (Å²) >= 11 is 0. The molecule has 2 heterocycles. The van der Waals surface area contributed by atoms with Gasteiger partial charge in [-0.05, 0) is 49.2 Å². The van der Waals surface area contributed by atoms with Crippen LogP contribution in [0.1, 0.15) is 23.2 Å². The number of hydrogen-bond acceptors (Lipinski definition) is 7. The maximum absolute atomic E-state index is 12.4. The van der Waals surface area contributed by atoms with E-state index in [1.54, 1.807) is 38.4 Å². The van der Waals surface area contributed by atoms with Crippen molar-refractivity contribution in [2.24, 2.45) is 5.92 Å². The summed E-state index contributed by atoms with van der Waals surface area (Å²) in [6.45, 7) is 0.885. The number of rotatable bonds is 6. The van der Waals surface area contributed by atoms with E-state index in [-0.39, 0.29) is 24.4 Å². The minimum Gasteiger partial charge on any atom is -0.455 e. The topological polar surface area (TPSA) is 105 Å². The van der Waals surface area contributed by atoms with Gasteiger partial charge in [-0.1, -0.05) is 12.1 Å². The zero-order valence-corrected chi connectivity index (χ0v) is 18.6. The molecule has 9 nitrogen and oxygen atoms in total. The van der Waals surface area contributed by atoms with Crippen LogP contribution in [0, 0.1) is 5.92 Å². The standard InChI is InChI=1S/C24H26N4O5/c1-27(2)22(30)16-7-9-18(10-8-16)25-21(29)15-32-23(31)17-11-13-28(14-12-17)24-26-19-5-3-4-6-20(19)33-24/h3-10,17H,11-15H2,1-2H3,(H,25,29). The number of esters is 1. The summed E-state index contributed by atoms with van der Waals surface area (Å²) in [5.74, 6) is -1.20. The smallest absolute Gasteiger partial charge is 0.309 e. The van der Waals surface area contributed by atoms with Crippen LogP contribution >= 0.6 is 0 Å². The SMILES string of the molecule is CN(C)C(=O)c1ccc(NC(=O)COC(=O)C2CCN(c3nc4ccccc4o3)CC2)cc1. The lowest BCUT2D eigenvalue weighted by Crippen LogP contribution is -2.37. The molecule has 0 spiro atoms. The van der Waals surface area contributed by atoms with Gasteiger partial charge in [0.1, 0.15) is 5.52 Å². The Hall–Kier alpha value is -3.88. The van der Waals surface area contributed by atoms with Crippen molar-refractivity contribution in [1.29, 1.82) is 0 Å². The van der Waals surface area contributed by atoms with Gasteiger partial charge in [0.25, 0.3) is 17.8 Å². The molecule has 0 aliphatic carbocycles. The Balaban J connectivity index is 1.22. The molecule has 2 aromatic carbocycles. The van der Waals surface area contributed by atoms with Gasteiger partial charge in [0.15, 0.2) is 12.2 Å². The summed E-state index contributed by atoms with van der Waals surface area (Å²) in [6, 6.07) is 14.7. The first-order valence-corrected chi connectivity index (χ1v) is 10.8. The van der Waals surface area contributed by atoms with Crippen molar-refractivity contribution >= 4 is 40.6 Å². The summed E-state index contributed by atoms with van der Waals surface area (Å²) < 4.78 is 11.0. The van der Waals surface area contributed by atoms with Gasteiger partial charge in [-0.2, -0.15) is 4.98 Å². The predicted octanol–water partition coefficient (Wildman–Crippen LogP) is 2.93. The van der Waals surface area contributed by atoms with E-state index in [4.69, 9.17) is 9.15 Å². The van der Waals surface area contributed by atoms with E-state index in [0.29, 0.717) is 43.2 Å². The number of oxazole rings is 1. The molecule has 4 rings (SSSR count). The second kappa shape index (κ2) is 9.72. The van der Waals surface area contributed by atoms with Crippen LogP contribution in [0.5, 0.6) is 0 Å². The van der Waals surface area contributed by atoms with E-state index < -0.39 is 5.91 Å². The van der Waals surface area contributed by atoms with Crippen molar-refractivity contribution in [3.8, 4) is 0 Å². The minimum atomic E-state index is -0.432. The van der Waals surface area contributed by atoms with Crippen molar-refractivity contribution in [2.75, 3.05) is 44.0 Å². The molecule has 2 amide bonds. The largest absolute Gasteiger partial charge is 0.455 e. The van der Waals surface area contributed by atoms with Gasteiger partial charge in [0, 0.05) is 38.4 Å². The first-order chi connectivity index (χ1) is 15.9. The number of carbonyl (C=O) groups excluding carboxylic acids is 3. The fourth-order valence-corrected chi connectivity index (χ4v) is 3.71. The van der Waals surface area contributed by atoms with Gasteiger partial charge < -0.3 is 24.3 Å². The molecule has 0 bridgehead atoms. The van der Waals surface area contributed by atoms with Crippen LogP contribution in [0.2, 0.25) is 0 Å². The van der Waals surface area contributed by atoms with Crippen molar-refractivity contribution in [3.05, 3.63) is 54.1 Å². The molecule has 0 saturated carbocycles. The van der Waals surface area contributed by atoms with E-state index in [1.165, 1.54) is 4.90 Å². The number of hydrogen-bond donors (Lipinski definition) is 1. The number of para-hydroxylation sites is 2. The highest BCUT2D eigenvalue weighted by atomic mass is 16.5. The molecule has 0 radical (unpaired) electrons. The van der Waals surface area contributed by atoms with Gasteiger partial charge in [0.2, 0.25) is 0 Å². The molecule has 1 aliphatic heterocycles. The van der Waals surface area contributed by atoms with Gasteiger partial charge in [-0.15, -0.1) is 0 Å². The predicted molar refractivity (Wildman–Crippen MR) is 123 cm³/mol. The number of ether oxygens (including phenoxy) is 1. The molecular formula is C24H26N4O5. The van der Waals surface area contributed by atoms with Gasteiger partial charge in [-0.25, -0.2) is 0 Å². The Labute approximate surface area is 191 Å². The molecule has 1 saturated heterocycles. The number of anilines is 2. The number of carbonyl (C=O) groups is 3. The lowest BCUT2D eigenvalue weighted by molar-refractivity contribution is -0.152. The first kappa shape index (κ1) is 22.3. The number of benzene rings is 2. The van der Waals surface area contributed by atoms with Crippen molar-refractivity contribution in [2.45, 2.75) is 12.8 Å². The lowest BCUT2D eigenvalue weighted by atomic mass is 9.97. The molecule has 9 heteroatoms. The van der Waals surface area contributed by atoms with Gasteiger partial charge in [-0.3, -0.25) is 14.4 Å². The van der Waals surface area contributed by atoms with Crippen molar-refractivity contribution in [1.82, 2.24) is 9.88 Å². The Kier molecular flexibility index (Phi) is 6.58. The highest BCUT2D eigenvalue weighted by Gasteiger charge is 2.28. The molecule has 0 atom stereocenters. The Morgan fingerprint density at radius 3 is 2.45 bits per heavy atom. The van der Waals surface area contributed by atoms with Crippen LogP contribution in [-0.2, 0) is 14.3 Å². The summed E-state index contributed by atoms with van der Waals surface area (Å²) in [6.07, 6.45) is 1.20. The number of aromatic nitrogens is 1. The van der Waals surface area contributed by atoms with Crippen LogP contribution in [0.25, 0.3) is 11.1 Å².